The molecule has 1 aromatic heterocycles. The monoisotopic (exact) mass is 320 g/mol. The fourth-order valence-corrected chi connectivity index (χ4v) is 2.79. The Hall–Kier alpha value is -2.14. The molecule has 1 fully saturated rings. The van der Waals surface area contributed by atoms with Crippen LogP contribution in [0.4, 0.5) is 4.39 Å². The number of hydrogen-bond acceptors (Lipinski definition) is 3. The van der Waals surface area contributed by atoms with Gasteiger partial charge in [-0.15, -0.1) is 0 Å². The van der Waals surface area contributed by atoms with Crippen molar-refractivity contribution < 1.29 is 13.9 Å². The molecular weight excluding hydrogens is 307 g/mol. The lowest BCUT2D eigenvalue weighted by molar-refractivity contribution is 0.0459. The molecule has 2 heterocycles. The van der Waals surface area contributed by atoms with Gasteiger partial charge in [-0.1, -0.05) is 23.7 Å². The normalized spacial score (nSPS) is 17.0. The number of amides is 1. The van der Waals surface area contributed by atoms with Crippen LogP contribution in [0.5, 0.6) is 5.88 Å². The average Bonchev–Trinajstić information content (AvgIpc) is 2.46. The van der Waals surface area contributed by atoms with Gasteiger partial charge in [-0.3, -0.25) is 4.79 Å². The molecule has 0 spiro atoms. The van der Waals surface area contributed by atoms with Gasteiger partial charge in [0.15, 0.2) is 0 Å². The molecule has 1 aromatic carbocycles. The van der Waals surface area contributed by atoms with Crippen molar-refractivity contribution in [1.29, 1.82) is 0 Å². The summed E-state index contributed by atoms with van der Waals surface area (Å²) in [6.45, 7) is 0.629. The summed E-state index contributed by atoms with van der Waals surface area (Å²) in [6.07, 6.45) is 2.25. The summed E-state index contributed by atoms with van der Waals surface area (Å²) < 4.78 is 18.3. The highest BCUT2D eigenvalue weighted by Crippen LogP contribution is 2.35. The van der Waals surface area contributed by atoms with Crippen molar-refractivity contribution in [1.82, 2.24) is 9.88 Å². The zero-order valence-electron chi connectivity index (χ0n) is 11.9. The second-order valence-corrected chi connectivity index (χ2v) is 5.48. The number of ether oxygens (including phenoxy) is 1. The number of pyridine rings is 1. The van der Waals surface area contributed by atoms with E-state index in [0.717, 1.165) is 12.0 Å². The van der Waals surface area contributed by atoms with Gasteiger partial charge in [-0.25, -0.2) is 9.37 Å². The Kier molecular flexibility index (Phi) is 3.98. The van der Waals surface area contributed by atoms with E-state index in [1.165, 1.54) is 31.5 Å². The van der Waals surface area contributed by atoms with Crippen LogP contribution in [0.3, 0.4) is 0 Å². The highest BCUT2D eigenvalue weighted by molar-refractivity contribution is 6.32. The number of likely N-dealkylation sites (tertiary alicyclic amines) is 1. The first kappa shape index (κ1) is 14.8. The predicted molar refractivity (Wildman–Crippen MR) is 80.6 cm³/mol. The van der Waals surface area contributed by atoms with Gasteiger partial charge in [0.1, 0.15) is 10.8 Å². The van der Waals surface area contributed by atoms with Gasteiger partial charge in [0.05, 0.1) is 18.7 Å². The summed E-state index contributed by atoms with van der Waals surface area (Å²) in [7, 11) is 1.46. The molecule has 1 atom stereocenters. The molecule has 1 saturated heterocycles. The van der Waals surface area contributed by atoms with E-state index in [1.807, 2.05) is 6.07 Å². The minimum absolute atomic E-state index is 0.107. The van der Waals surface area contributed by atoms with Crippen LogP contribution in [-0.4, -0.2) is 29.4 Å². The number of aromatic nitrogens is 1. The second-order valence-electron chi connectivity index (χ2n) is 5.07. The van der Waals surface area contributed by atoms with Gasteiger partial charge >= 0.3 is 0 Å². The summed E-state index contributed by atoms with van der Waals surface area (Å²) in [5.74, 6) is -0.188. The van der Waals surface area contributed by atoms with Crippen LogP contribution in [0.15, 0.2) is 36.5 Å². The van der Waals surface area contributed by atoms with Crippen molar-refractivity contribution in [3.8, 4) is 5.88 Å². The SMILES string of the molecule is COc1ncc(C(=O)N2CCC2c2cccc(F)c2)cc1Cl. The number of halogens is 2. The van der Waals surface area contributed by atoms with E-state index in [2.05, 4.69) is 4.98 Å². The van der Waals surface area contributed by atoms with Crippen molar-refractivity contribution >= 4 is 17.5 Å². The van der Waals surface area contributed by atoms with Crippen molar-refractivity contribution in [3.63, 3.8) is 0 Å². The Balaban J connectivity index is 1.82. The number of rotatable bonds is 3. The lowest BCUT2D eigenvalue weighted by atomic mass is 9.94. The average molecular weight is 321 g/mol. The molecule has 0 bridgehead atoms. The van der Waals surface area contributed by atoms with Crippen LogP contribution in [0, 0.1) is 5.82 Å². The highest BCUT2D eigenvalue weighted by Gasteiger charge is 2.34. The van der Waals surface area contributed by atoms with Crippen molar-refractivity contribution in [3.05, 3.63) is 58.5 Å². The molecule has 0 N–H and O–H groups in total. The first-order valence-corrected chi connectivity index (χ1v) is 7.24. The van der Waals surface area contributed by atoms with Gasteiger partial charge in [-0.2, -0.15) is 0 Å². The fraction of sp³-hybridized carbons (Fsp3) is 0.250. The Morgan fingerprint density at radius 2 is 2.27 bits per heavy atom. The molecule has 0 aliphatic carbocycles. The lowest BCUT2D eigenvalue weighted by Crippen LogP contribution is -2.45. The third-order valence-electron chi connectivity index (χ3n) is 3.76. The topological polar surface area (TPSA) is 42.4 Å². The van der Waals surface area contributed by atoms with Crippen LogP contribution >= 0.6 is 11.6 Å². The van der Waals surface area contributed by atoms with Gasteiger partial charge in [0.25, 0.3) is 5.91 Å². The first-order chi connectivity index (χ1) is 10.6. The molecule has 114 valence electrons. The van der Waals surface area contributed by atoms with Crippen LogP contribution in [-0.2, 0) is 0 Å². The maximum Gasteiger partial charge on any atom is 0.255 e. The summed E-state index contributed by atoms with van der Waals surface area (Å²) in [5.41, 5.74) is 1.19. The minimum Gasteiger partial charge on any atom is -0.480 e. The predicted octanol–water partition coefficient (Wildman–Crippen LogP) is 3.47. The van der Waals surface area contributed by atoms with Crippen LogP contribution in [0.1, 0.15) is 28.4 Å². The number of benzene rings is 1. The van der Waals surface area contributed by atoms with E-state index < -0.39 is 0 Å². The van der Waals surface area contributed by atoms with E-state index in [0.29, 0.717) is 12.1 Å². The van der Waals surface area contributed by atoms with Gasteiger partial charge in [0.2, 0.25) is 5.88 Å². The zero-order valence-corrected chi connectivity index (χ0v) is 12.7. The number of carbonyl (C=O) groups is 1. The molecule has 1 amide bonds. The molecule has 1 aliphatic heterocycles. The Morgan fingerprint density at radius 1 is 1.45 bits per heavy atom. The van der Waals surface area contributed by atoms with Crippen LogP contribution in [0.25, 0.3) is 0 Å². The van der Waals surface area contributed by atoms with E-state index in [4.69, 9.17) is 16.3 Å². The molecule has 0 saturated carbocycles. The van der Waals surface area contributed by atoms with Crippen LogP contribution in [0.2, 0.25) is 5.02 Å². The van der Waals surface area contributed by atoms with Gasteiger partial charge in [0, 0.05) is 12.7 Å². The molecule has 6 heteroatoms. The molecule has 0 radical (unpaired) electrons. The highest BCUT2D eigenvalue weighted by atomic mass is 35.5. The minimum atomic E-state index is -0.300. The van der Waals surface area contributed by atoms with Crippen LogP contribution < -0.4 is 4.74 Å². The van der Waals surface area contributed by atoms with E-state index >= 15 is 0 Å². The molecule has 3 rings (SSSR count). The molecule has 2 aromatic rings. The molecule has 4 nitrogen and oxygen atoms in total. The van der Waals surface area contributed by atoms with Crippen molar-refractivity contribution in [2.24, 2.45) is 0 Å². The van der Waals surface area contributed by atoms with E-state index in [-0.39, 0.29) is 28.7 Å². The fourth-order valence-electron chi connectivity index (χ4n) is 2.55. The number of carbonyl (C=O) groups excluding carboxylic acids is 1. The largest absolute Gasteiger partial charge is 0.480 e. The Morgan fingerprint density at radius 3 is 2.86 bits per heavy atom. The third kappa shape index (κ3) is 2.64. The van der Waals surface area contributed by atoms with Crippen molar-refractivity contribution in [2.75, 3.05) is 13.7 Å². The zero-order chi connectivity index (χ0) is 15.7. The maximum absolute atomic E-state index is 13.3. The maximum atomic E-state index is 13.3. The molecule has 22 heavy (non-hydrogen) atoms. The van der Waals surface area contributed by atoms with E-state index in [9.17, 15) is 9.18 Å². The van der Waals surface area contributed by atoms with Crippen molar-refractivity contribution in [2.45, 2.75) is 12.5 Å². The summed E-state index contributed by atoms with van der Waals surface area (Å²) in [4.78, 5) is 18.2. The Labute approximate surface area is 132 Å². The summed E-state index contributed by atoms with van der Waals surface area (Å²) >= 11 is 6.01. The standard InChI is InChI=1S/C16H14ClFN2O2/c1-22-15-13(17)8-11(9-19-15)16(21)20-6-5-14(20)10-3-2-4-12(18)7-10/h2-4,7-9,14H,5-6H2,1H3. The molecule has 1 unspecified atom stereocenters. The quantitative estimate of drug-likeness (QED) is 0.869. The Bertz CT molecular complexity index is 723. The number of methoxy groups -OCH3 is 1. The summed E-state index contributed by atoms with van der Waals surface area (Å²) in [6, 6.07) is 7.76. The number of hydrogen-bond donors (Lipinski definition) is 0. The second kappa shape index (κ2) is 5.93. The molecular formula is C16H14ClFN2O2. The lowest BCUT2D eigenvalue weighted by Gasteiger charge is -2.41. The third-order valence-corrected chi connectivity index (χ3v) is 4.03. The van der Waals surface area contributed by atoms with E-state index in [1.54, 1.807) is 11.0 Å². The number of nitrogens with zero attached hydrogens (tertiary/aromatic N) is 2. The van der Waals surface area contributed by atoms with Gasteiger partial charge in [-0.05, 0) is 30.2 Å². The van der Waals surface area contributed by atoms with Gasteiger partial charge < -0.3 is 9.64 Å². The summed E-state index contributed by atoms with van der Waals surface area (Å²) in [5, 5.41) is 0.288. The first-order valence-electron chi connectivity index (χ1n) is 6.86. The smallest absolute Gasteiger partial charge is 0.255 e. The molecule has 1 aliphatic rings.